The highest BCUT2D eigenvalue weighted by molar-refractivity contribution is 5.94. The zero-order chi connectivity index (χ0) is 22.1. The second-order valence-corrected chi connectivity index (χ2v) is 6.39. The average molecular weight is 413 g/mol. The lowest BCUT2D eigenvalue weighted by atomic mass is 10.0. The molecule has 0 saturated carbocycles. The summed E-state index contributed by atoms with van der Waals surface area (Å²) in [7, 11) is 2.76. The van der Waals surface area contributed by atoms with Crippen molar-refractivity contribution in [3.05, 3.63) is 64.7 Å². The topological polar surface area (TPSA) is 108 Å². The van der Waals surface area contributed by atoms with Gasteiger partial charge in [-0.2, -0.15) is 0 Å². The Balaban J connectivity index is 1.83. The summed E-state index contributed by atoms with van der Waals surface area (Å²) < 4.78 is 14.8. The van der Waals surface area contributed by atoms with Gasteiger partial charge in [0.25, 0.3) is 5.91 Å². The number of rotatable bonds is 9. The van der Waals surface area contributed by atoms with Crippen molar-refractivity contribution < 1.29 is 33.4 Å². The van der Waals surface area contributed by atoms with Gasteiger partial charge < -0.3 is 19.5 Å². The van der Waals surface area contributed by atoms with Gasteiger partial charge in [0.1, 0.15) is 5.75 Å². The van der Waals surface area contributed by atoms with Crippen LogP contribution in [0, 0.1) is 0 Å². The molecule has 0 saturated heterocycles. The van der Waals surface area contributed by atoms with Crippen LogP contribution < -0.4 is 10.1 Å². The Morgan fingerprint density at radius 3 is 2.20 bits per heavy atom. The second kappa shape index (κ2) is 10.8. The first kappa shape index (κ1) is 22.6. The highest BCUT2D eigenvalue weighted by Crippen LogP contribution is 2.21. The third-order valence-corrected chi connectivity index (χ3v) is 4.25. The first-order valence-electron chi connectivity index (χ1n) is 9.11. The number of benzene rings is 2. The van der Waals surface area contributed by atoms with Gasteiger partial charge in [0.2, 0.25) is 0 Å². The predicted molar refractivity (Wildman–Crippen MR) is 107 cm³/mol. The van der Waals surface area contributed by atoms with Crippen LogP contribution in [-0.4, -0.2) is 44.5 Å². The van der Waals surface area contributed by atoms with Gasteiger partial charge in [-0.05, 0) is 42.8 Å². The van der Waals surface area contributed by atoms with E-state index in [2.05, 4.69) is 10.1 Å². The molecule has 0 radical (unpaired) electrons. The van der Waals surface area contributed by atoms with E-state index in [0.29, 0.717) is 22.4 Å². The molecule has 2 rings (SSSR count). The molecular formula is C22H23NO7. The number of nitrogens with one attached hydrogen (secondary N) is 1. The number of Topliss-reactive ketones (excluding diaryl/α,β-unsaturated/α-hetero) is 1. The molecule has 0 spiro atoms. The summed E-state index contributed by atoms with van der Waals surface area (Å²) in [5.41, 5.74) is 2.13. The maximum Gasteiger partial charge on any atom is 0.337 e. The minimum atomic E-state index is -0.619. The van der Waals surface area contributed by atoms with Gasteiger partial charge in [-0.3, -0.25) is 14.4 Å². The minimum absolute atomic E-state index is 0.132. The van der Waals surface area contributed by atoms with E-state index < -0.39 is 24.5 Å². The highest BCUT2D eigenvalue weighted by Gasteiger charge is 2.14. The summed E-state index contributed by atoms with van der Waals surface area (Å²) in [6.07, 6.45) is -0.132. The summed E-state index contributed by atoms with van der Waals surface area (Å²) in [4.78, 5) is 46.9. The number of hydrogen-bond acceptors (Lipinski definition) is 7. The van der Waals surface area contributed by atoms with E-state index >= 15 is 0 Å². The zero-order valence-corrected chi connectivity index (χ0v) is 17.0. The normalized spacial score (nSPS) is 10.1. The van der Waals surface area contributed by atoms with E-state index in [4.69, 9.17) is 9.47 Å². The van der Waals surface area contributed by atoms with Gasteiger partial charge in [0.15, 0.2) is 12.4 Å². The summed E-state index contributed by atoms with van der Waals surface area (Å²) in [6.45, 7) is 1.21. The summed E-state index contributed by atoms with van der Waals surface area (Å²) >= 11 is 0. The summed E-state index contributed by atoms with van der Waals surface area (Å²) in [5.74, 6) is -1.21. The minimum Gasteiger partial charge on any atom is -0.496 e. The molecule has 0 fully saturated rings. The third kappa shape index (κ3) is 6.44. The quantitative estimate of drug-likeness (QED) is 0.495. The zero-order valence-electron chi connectivity index (χ0n) is 17.0. The van der Waals surface area contributed by atoms with Gasteiger partial charge in [-0.15, -0.1) is 0 Å². The SMILES string of the molecule is COC(=O)c1ccc(CNC(=O)COC(=O)Cc2cc(C(C)=O)ccc2OC)cc1. The smallest absolute Gasteiger partial charge is 0.337 e. The van der Waals surface area contributed by atoms with E-state index in [9.17, 15) is 19.2 Å². The van der Waals surface area contributed by atoms with Crippen LogP contribution in [0.2, 0.25) is 0 Å². The van der Waals surface area contributed by atoms with Crippen LogP contribution in [0.25, 0.3) is 0 Å². The summed E-state index contributed by atoms with van der Waals surface area (Å²) in [6, 6.07) is 11.4. The Morgan fingerprint density at radius 2 is 1.60 bits per heavy atom. The van der Waals surface area contributed by atoms with Gasteiger partial charge in [-0.1, -0.05) is 12.1 Å². The fourth-order valence-corrected chi connectivity index (χ4v) is 2.62. The molecule has 158 valence electrons. The predicted octanol–water partition coefficient (Wildman–Crippen LogP) is 2.09. The van der Waals surface area contributed by atoms with E-state index in [1.54, 1.807) is 42.5 Å². The number of methoxy groups -OCH3 is 2. The number of amides is 1. The Hall–Kier alpha value is -3.68. The fraction of sp³-hybridized carbons (Fsp3) is 0.273. The molecule has 8 heteroatoms. The van der Waals surface area contributed by atoms with Crippen LogP contribution in [0.15, 0.2) is 42.5 Å². The Bertz CT molecular complexity index is 935. The maximum atomic E-state index is 12.1. The molecule has 1 N–H and O–H groups in total. The monoisotopic (exact) mass is 413 g/mol. The number of ether oxygens (including phenoxy) is 3. The lowest BCUT2D eigenvalue weighted by Crippen LogP contribution is -2.28. The molecule has 0 unspecified atom stereocenters. The van der Waals surface area contributed by atoms with Crippen molar-refractivity contribution in [3.63, 3.8) is 0 Å². The first-order valence-corrected chi connectivity index (χ1v) is 9.11. The van der Waals surface area contributed by atoms with E-state index in [1.165, 1.54) is 21.1 Å². The van der Waals surface area contributed by atoms with Crippen LogP contribution >= 0.6 is 0 Å². The number of hydrogen-bond donors (Lipinski definition) is 1. The van der Waals surface area contributed by atoms with Crippen molar-refractivity contribution in [1.29, 1.82) is 0 Å². The van der Waals surface area contributed by atoms with Crippen molar-refractivity contribution >= 4 is 23.6 Å². The second-order valence-electron chi connectivity index (χ2n) is 6.39. The molecule has 0 aliphatic rings. The molecule has 1 amide bonds. The van der Waals surface area contributed by atoms with Crippen LogP contribution in [0.4, 0.5) is 0 Å². The van der Waals surface area contributed by atoms with Crippen LogP contribution in [0.5, 0.6) is 5.75 Å². The molecule has 8 nitrogen and oxygen atoms in total. The Labute approximate surface area is 174 Å². The van der Waals surface area contributed by atoms with Crippen molar-refractivity contribution in [2.24, 2.45) is 0 Å². The highest BCUT2D eigenvalue weighted by atomic mass is 16.5. The average Bonchev–Trinajstić information content (AvgIpc) is 2.75. The van der Waals surface area contributed by atoms with Crippen LogP contribution in [-0.2, 0) is 32.0 Å². The molecule has 30 heavy (non-hydrogen) atoms. The van der Waals surface area contributed by atoms with Gasteiger partial charge in [-0.25, -0.2) is 4.79 Å². The van der Waals surface area contributed by atoms with Crippen LogP contribution in [0.3, 0.4) is 0 Å². The lowest BCUT2D eigenvalue weighted by molar-refractivity contribution is -0.147. The van der Waals surface area contributed by atoms with Crippen molar-refractivity contribution in [3.8, 4) is 5.75 Å². The third-order valence-electron chi connectivity index (χ3n) is 4.25. The van der Waals surface area contributed by atoms with Gasteiger partial charge in [0, 0.05) is 17.7 Å². The molecule has 2 aromatic carbocycles. The molecule has 0 bridgehead atoms. The first-order chi connectivity index (χ1) is 14.3. The molecule has 0 aromatic heterocycles. The molecule has 0 heterocycles. The number of carbonyl (C=O) groups excluding carboxylic acids is 4. The number of carbonyl (C=O) groups is 4. The van der Waals surface area contributed by atoms with Gasteiger partial charge in [0.05, 0.1) is 26.2 Å². The largest absolute Gasteiger partial charge is 0.496 e. The van der Waals surface area contributed by atoms with Crippen molar-refractivity contribution in [2.45, 2.75) is 19.9 Å². The van der Waals surface area contributed by atoms with Crippen LogP contribution in [0.1, 0.15) is 38.8 Å². The van der Waals surface area contributed by atoms with E-state index in [0.717, 1.165) is 5.56 Å². The lowest BCUT2D eigenvalue weighted by Gasteiger charge is -2.10. The van der Waals surface area contributed by atoms with Gasteiger partial charge >= 0.3 is 11.9 Å². The Morgan fingerprint density at radius 1 is 0.933 bits per heavy atom. The number of ketones is 1. The van der Waals surface area contributed by atoms with Crippen molar-refractivity contribution in [1.82, 2.24) is 5.32 Å². The summed E-state index contributed by atoms with van der Waals surface area (Å²) in [5, 5.41) is 2.63. The molecular weight excluding hydrogens is 390 g/mol. The molecule has 0 aliphatic heterocycles. The van der Waals surface area contributed by atoms with E-state index in [1.807, 2.05) is 0 Å². The standard InChI is InChI=1S/C22H23NO7/c1-14(24)17-8-9-19(28-2)18(10-17)11-21(26)30-13-20(25)23-12-15-4-6-16(7-5-15)22(27)29-3/h4-10H,11-13H2,1-3H3,(H,23,25). The maximum absolute atomic E-state index is 12.1. The molecule has 0 aliphatic carbocycles. The number of esters is 2. The fourth-order valence-electron chi connectivity index (χ4n) is 2.62. The molecule has 0 atom stereocenters. The van der Waals surface area contributed by atoms with E-state index in [-0.39, 0.29) is 18.7 Å². The Kier molecular flexibility index (Phi) is 8.10. The molecule has 2 aromatic rings. The van der Waals surface area contributed by atoms with Crippen molar-refractivity contribution in [2.75, 3.05) is 20.8 Å².